The van der Waals surface area contributed by atoms with Crippen molar-refractivity contribution in [3.63, 3.8) is 0 Å². The summed E-state index contributed by atoms with van der Waals surface area (Å²) in [6.07, 6.45) is 1.37. The average molecular weight is 220 g/mol. The zero-order valence-electron chi connectivity index (χ0n) is 10.3. The highest BCUT2D eigenvalue weighted by atomic mass is 16.5. The lowest BCUT2D eigenvalue weighted by Gasteiger charge is -2.21. The van der Waals surface area contributed by atoms with Crippen molar-refractivity contribution < 1.29 is 4.74 Å². The van der Waals surface area contributed by atoms with Crippen LogP contribution in [0.1, 0.15) is 20.3 Å². The van der Waals surface area contributed by atoms with E-state index in [2.05, 4.69) is 43.2 Å². The molecule has 0 bridgehead atoms. The van der Waals surface area contributed by atoms with Gasteiger partial charge in [0.2, 0.25) is 0 Å². The Balaban J connectivity index is 2.36. The highest BCUT2D eigenvalue weighted by Crippen LogP contribution is 2.36. The van der Waals surface area contributed by atoms with Crippen LogP contribution in [0.15, 0.2) is 18.2 Å². The van der Waals surface area contributed by atoms with Gasteiger partial charge in [-0.3, -0.25) is 0 Å². The summed E-state index contributed by atoms with van der Waals surface area (Å²) in [7, 11) is 2.13. The van der Waals surface area contributed by atoms with Gasteiger partial charge in [-0.1, -0.05) is 6.07 Å². The van der Waals surface area contributed by atoms with Crippen LogP contribution in [0.4, 0.5) is 11.4 Å². The Bertz CT molecular complexity index is 363. The van der Waals surface area contributed by atoms with Crippen molar-refractivity contribution in [3.05, 3.63) is 18.2 Å². The lowest BCUT2D eigenvalue weighted by Crippen LogP contribution is -2.17. The van der Waals surface area contributed by atoms with E-state index in [1.807, 2.05) is 6.07 Å². The van der Waals surface area contributed by atoms with Crippen LogP contribution in [-0.4, -0.2) is 26.2 Å². The van der Waals surface area contributed by atoms with Gasteiger partial charge in [-0.05, 0) is 32.4 Å². The second kappa shape index (κ2) is 4.64. The molecule has 0 amide bonds. The van der Waals surface area contributed by atoms with Crippen molar-refractivity contribution in [2.45, 2.75) is 26.4 Å². The molecule has 1 aliphatic rings. The maximum absolute atomic E-state index is 5.83. The first kappa shape index (κ1) is 11.1. The van der Waals surface area contributed by atoms with Gasteiger partial charge in [0.25, 0.3) is 0 Å². The molecule has 0 fully saturated rings. The number of hydrogen-bond acceptors (Lipinski definition) is 3. The largest absolute Gasteiger partial charge is 0.489 e. The highest BCUT2D eigenvalue weighted by molar-refractivity contribution is 5.77. The van der Waals surface area contributed by atoms with E-state index < -0.39 is 0 Å². The predicted molar refractivity (Wildman–Crippen MR) is 68.6 cm³/mol. The second-order valence-corrected chi connectivity index (χ2v) is 4.52. The van der Waals surface area contributed by atoms with Gasteiger partial charge < -0.3 is 15.0 Å². The molecular weight excluding hydrogens is 200 g/mol. The highest BCUT2D eigenvalue weighted by Gasteiger charge is 2.16. The first-order chi connectivity index (χ1) is 7.68. The Kier molecular flexibility index (Phi) is 3.22. The Labute approximate surface area is 97.4 Å². The van der Waals surface area contributed by atoms with Crippen LogP contribution in [0.25, 0.3) is 0 Å². The average Bonchev–Trinajstić information content (AvgIpc) is 2.41. The molecule has 0 atom stereocenters. The molecule has 0 radical (unpaired) electrons. The third-order valence-electron chi connectivity index (χ3n) is 2.75. The number of rotatable bonds is 2. The Hall–Kier alpha value is -1.38. The molecule has 0 aromatic heterocycles. The van der Waals surface area contributed by atoms with Crippen LogP contribution in [0.2, 0.25) is 0 Å². The number of nitrogens with zero attached hydrogens (tertiary/aromatic N) is 1. The molecule has 1 N–H and O–H groups in total. The van der Waals surface area contributed by atoms with Gasteiger partial charge in [-0.25, -0.2) is 0 Å². The number of fused-ring (bicyclic) bond motifs is 1. The molecule has 3 heteroatoms. The van der Waals surface area contributed by atoms with E-state index in [0.29, 0.717) is 0 Å². The fourth-order valence-corrected chi connectivity index (χ4v) is 2.02. The molecule has 1 aromatic rings. The third kappa shape index (κ3) is 2.23. The molecule has 0 spiro atoms. The summed E-state index contributed by atoms with van der Waals surface area (Å²) in [5, 5.41) is 3.46. The molecule has 16 heavy (non-hydrogen) atoms. The molecule has 2 rings (SSSR count). The van der Waals surface area contributed by atoms with Gasteiger partial charge in [0.15, 0.2) is 0 Å². The van der Waals surface area contributed by atoms with Crippen molar-refractivity contribution in [1.29, 1.82) is 0 Å². The molecule has 1 heterocycles. The SMILES string of the molecule is CC(C)Oc1cccc2c1NCCCN2C. The Morgan fingerprint density at radius 2 is 2.19 bits per heavy atom. The fraction of sp³-hybridized carbons (Fsp3) is 0.538. The van der Waals surface area contributed by atoms with Crippen LogP contribution in [0.5, 0.6) is 5.75 Å². The van der Waals surface area contributed by atoms with E-state index in [1.165, 1.54) is 5.69 Å². The van der Waals surface area contributed by atoms with E-state index in [-0.39, 0.29) is 6.10 Å². The topological polar surface area (TPSA) is 24.5 Å². The molecule has 0 unspecified atom stereocenters. The molecule has 0 saturated heterocycles. The molecule has 1 aromatic carbocycles. The minimum Gasteiger partial charge on any atom is -0.489 e. The second-order valence-electron chi connectivity index (χ2n) is 4.52. The summed E-state index contributed by atoms with van der Waals surface area (Å²) < 4.78 is 5.83. The Morgan fingerprint density at radius 3 is 2.94 bits per heavy atom. The summed E-state index contributed by atoms with van der Waals surface area (Å²) in [6, 6.07) is 6.23. The zero-order chi connectivity index (χ0) is 11.5. The number of hydrogen-bond donors (Lipinski definition) is 1. The maximum Gasteiger partial charge on any atom is 0.144 e. The van der Waals surface area contributed by atoms with Crippen LogP contribution in [0.3, 0.4) is 0 Å². The van der Waals surface area contributed by atoms with Crippen molar-refractivity contribution in [1.82, 2.24) is 0 Å². The summed E-state index contributed by atoms with van der Waals surface area (Å²) in [6.45, 7) is 6.21. The zero-order valence-corrected chi connectivity index (χ0v) is 10.3. The number of nitrogens with one attached hydrogen (secondary N) is 1. The van der Waals surface area contributed by atoms with Gasteiger partial charge in [0, 0.05) is 20.1 Å². The Morgan fingerprint density at radius 1 is 1.38 bits per heavy atom. The molecule has 3 nitrogen and oxygen atoms in total. The summed E-state index contributed by atoms with van der Waals surface area (Å²) in [4.78, 5) is 2.28. The minimum atomic E-state index is 0.210. The van der Waals surface area contributed by atoms with Crippen LogP contribution >= 0.6 is 0 Å². The van der Waals surface area contributed by atoms with Gasteiger partial charge in [0.05, 0.1) is 11.8 Å². The van der Waals surface area contributed by atoms with Crippen molar-refractivity contribution in [2.24, 2.45) is 0 Å². The molecule has 1 aliphatic heterocycles. The molecular formula is C13H20N2O. The number of benzene rings is 1. The van der Waals surface area contributed by atoms with Crippen molar-refractivity contribution in [3.8, 4) is 5.75 Å². The van der Waals surface area contributed by atoms with Crippen LogP contribution in [-0.2, 0) is 0 Å². The van der Waals surface area contributed by atoms with Gasteiger partial charge >= 0.3 is 0 Å². The quantitative estimate of drug-likeness (QED) is 0.829. The lowest BCUT2D eigenvalue weighted by molar-refractivity contribution is 0.244. The van der Waals surface area contributed by atoms with Crippen LogP contribution < -0.4 is 15.0 Å². The number of para-hydroxylation sites is 1. The number of anilines is 2. The lowest BCUT2D eigenvalue weighted by atomic mass is 10.2. The van der Waals surface area contributed by atoms with Crippen molar-refractivity contribution in [2.75, 3.05) is 30.4 Å². The number of ether oxygens (including phenoxy) is 1. The minimum absolute atomic E-state index is 0.210. The van der Waals surface area contributed by atoms with E-state index in [4.69, 9.17) is 4.74 Å². The summed E-state index contributed by atoms with van der Waals surface area (Å²) in [5.41, 5.74) is 2.37. The molecule has 0 saturated carbocycles. The first-order valence-corrected chi connectivity index (χ1v) is 5.93. The fourth-order valence-electron chi connectivity index (χ4n) is 2.02. The van der Waals surface area contributed by atoms with Gasteiger partial charge in [-0.2, -0.15) is 0 Å². The maximum atomic E-state index is 5.83. The van der Waals surface area contributed by atoms with E-state index in [0.717, 1.165) is 30.9 Å². The third-order valence-corrected chi connectivity index (χ3v) is 2.75. The van der Waals surface area contributed by atoms with Gasteiger partial charge in [-0.15, -0.1) is 0 Å². The normalized spacial score (nSPS) is 15.4. The van der Waals surface area contributed by atoms with E-state index in [9.17, 15) is 0 Å². The monoisotopic (exact) mass is 220 g/mol. The van der Waals surface area contributed by atoms with Crippen LogP contribution in [0, 0.1) is 0 Å². The van der Waals surface area contributed by atoms with E-state index in [1.54, 1.807) is 0 Å². The standard InChI is InChI=1S/C13H20N2O/c1-10(2)16-12-7-4-6-11-13(12)14-8-5-9-15(11)3/h4,6-7,10,14H,5,8-9H2,1-3H3. The summed E-state index contributed by atoms with van der Waals surface area (Å²) >= 11 is 0. The molecule has 88 valence electrons. The van der Waals surface area contributed by atoms with E-state index >= 15 is 0 Å². The summed E-state index contributed by atoms with van der Waals surface area (Å²) in [5.74, 6) is 0.959. The predicted octanol–water partition coefficient (Wildman–Crippen LogP) is 2.73. The first-order valence-electron chi connectivity index (χ1n) is 5.93. The van der Waals surface area contributed by atoms with Gasteiger partial charge in [0.1, 0.15) is 11.4 Å². The smallest absolute Gasteiger partial charge is 0.144 e. The van der Waals surface area contributed by atoms with Crippen molar-refractivity contribution >= 4 is 11.4 Å². The molecule has 0 aliphatic carbocycles.